The zero-order valence-electron chi connectivity index (χ0n) is 17.5. The normalized spacial score (nSPS) is 12.4. The van der Waals surface area contributed by atoms with Gasteiger partial charge < -0.3 is 10.4 Å². The van der Waals surface area contributed by atoms with E-state index in [2.05, 4.69) is 32.8 Å². The van der Waals surface area contributed by atoms with Gasteiger partial charge in [0.1, 0.15) is 0 Å². The minimum Gasteiger partial charge on any atom is -0.412 e. The Labute approximate surface area is 154 Å². The summed E-state index contributed by atoms with van der Waals surface area (Å²) in [6.45, 7) is 4.60. The van der Waals surface area contributed by atoms with E-state index in [0.29, 0.717) is 0 Å². The van der Waals surface area contributed by atoms with Crippen LogP contribution < -0.4 is 0 Å². The van der Waals surface area contributed by atoms with Crippen LogP contribution in [0.4, 0.5) is 0 Å². The Bertz CT molecular complexity index is 218. The molecule has 2 N–H and O–H groups in total. The van der Waals surface area contributed by atoms with Crippen molar-refractivity contribution >= 4 is 0 Å². The summed E-state index contributed by atoms with van der Waals surface area (Å²) in [5.74, 6) is 0. The summed E-state index contributed by atoms with van der Waals surface area (Å²) in [5.41, 5.74) is 0. The van der Waals surface area contributed by atoms with E-state index >= 15 is 0 Å². The molecule has 148 valence electrons. The molecule has 24 heavy (non-hydrogen) atoms. The van der Waals surface area contributed by atoms with Gasteiger partial charge in [0.15, 0.2) is 0 Å². The van der Waals surface area contributed by atoms with Crippen LogP contribution in [0.2, 0.25) is 0 Å². The van der Waals surface area contributed by atoms with Crippen LogP contribution in [-0.2, 0) is 0 Å². The van der Waals surface area contributed by atoms with Gasteiger partial charge in [0.25, 0.3) is 0 Å². The lowest BCUT2D eigenvalue weighted by molar-refractivity contribution is 0.251. The Hall–Kier alpha value is -0.0800. The maximum Gasteiger partial charge on any atom is 0.00891 e. The van der Waals surface area contributed by atoms with E-state index in [-0.39, 0.29) is 5.48 Å². The molecule has 0 radical (unpaired) electrons. The number of nitrogens with zero attached hydrogens (tertiary/aromatic N) is 1. The summed E-state index contributed by atoms with van der Waals surface area (Å²) in [6.07, 6.45) is 24.4. The van der Waals surface area contributed by atoms with Crippen LogP contribution in [0.15, 0.2) is 0 Å². The quantitative estimate of drug-likeness (QED) is 0.253. The molecular formula is C22H49NO. The Morgan fingerprint density at radius 1 is 0.500 bits per heavy atom. The molecule has 0 spiro atoms. The smallest absolute Gasteiger partial charge is 0.00891 e. The summed E-state index contributed by atoms with van der Waals surface area (Å²) in [5, 5.41) is 0. The van der Waals surface area contributed by atoms with Gasteiger partial charge in [-0.05, 0) is 26.9 Å². The molecule has 0 fully saturated rings. The minimum atomic E-state index is 0. The predicted octanol–water partition coefficient (Wildman–Crippen LogP) is 6.76. The van der Waals surface area contributed by atoms with E-state index in [0.717, 1.165) is 6.04 Å². The molecule has 2 nitrogen and oxygen atoms in total. The van der Waals surface area contributed by atoms with Gasteiger partial charge in [-0.25, -0.2) is 0 Å². The van der Waals surface area contributed by atoms with Crippen LogP contribution in [0.25, 0.3) is 0 Å². The second-order valence-electron chi connectivity index (χ2n) is 7.79. The summed E-state index contributed by atoms with van der Waals surface area (Å²) in [7, 11) is 4.55. The van der Waals surface area contributed by atoms with Crippen molar-refractivity contribution in [3.63, 3.8) is 0 Å². The third-order valence-corrected chi connectivity index (χ3v) is 5.26. The molecule has 0 aromatic rings. The highest BCUT2D eigenvalue weighted by molar-refractivity contribution is 4.66. The second kappa shape index (κ2) is 21.0. The highest BCUT2D eigenvalue weighted by Gasteiger charge is 2.10. The van der Waals surface area contributed by atoms with Gasteiger partial charge in [-0.3, -0.25) is 0 Å². The summed E-state index contributed by atoms with van der Waals surface area (Å²) in [4.78, 5) is 2.47. The van der Waals surface area contributed by atoms with Crippen LogP contribution >= 0.6 is 0 Å². The highest BCUT2D eigenvalue weighted by atomic mass is 16.0. The molecule has 1 atom stereocenters. The van der Waals surface area contributed by atoms with Crippen LogP contribution in [0.3, 0.4) is 0 Å². The molecule has 1 unspecified atom stereocenters. The molecule has 2 heteroatoms. The molecule has 0 aromatic heterocycles. The molecular weight excluding hydrogens is 294 g/mol. The van der Waals surface area contributed by atoms with E-state index in [1.807, 2.05) is 0 Å². The Kier molecular flexibility index (Phi) is 22.8. The van der Waals surface area contributed by atoms with Crippen molar-refractivity contribution in [2.75, 3.05) is 14.1 Å². The zero-order valence-corrected chi connectivity index (χ0v) is 17.5. The summed E-state index contributed by atoms with van der Waals surface area (Å²) >= 11 is 0. The molecule has 0 aliphatic rings. The molecule has 0 rings (SSSR count). The van der Waals surface area contributed by atoms with Gasteiger partial charge >= 0.3 is 0 Å². The van der Waals surface area contributed by atoms with Crippen LogP contribution in [0.1, 0.15) is 123 Å². The SMILES string of the molecule is CCCCCCCCCCCC(CCCCCCCC)N(C)C.O. The first kappa shape index (κ1) is 26.2. The van der Waals surface area contributed by atoms with Crippen LogP contribution in [0, 0.1) is 0 Å². The first-order chi connectivity index (χ1) is 11.2. The van der Waals surface area contributed by atoms with Crippen LogP contribution in [-0.4, -0.2) is 30.5 Å². The van der Waals surface area contributed by atoms with Crippen molar-refractivity contribution in [1.82, 2.24) is 4.90 Å². The van der Waals surface area contributed by atoms with Crippen molar-refractivity contribution in [2.24, 2.45) is 0 Å². The van der Waals surface area contributed by atoms with Crippen molar-refractivity contribution in [3.8, 4) is 0 Å². The first-order valence-corrected chi connectivity index (χ1v) is 10.9. The van der Waals surface area contributed by atoms with Gasteiger partial charge in [-0.15, -0.1) is 0 Å². The largest absolute Gasteiger partial charge is 0.412 e. The number of hydrogen-bond donors (Lipinski definition) is 0. The molecule has 0 amide bonds. The fourth-order valence-electron chi connectivity index (χ4n) is 3.51. The molecule has 0 aliphatic carbocycles. The molecule has 0 saturated heterocycles. The van der Waals surface area contributed by atoms with Crippen molar-refractivity contribution < 1.29 is 5.48 Å². The number of rotatable bonds is 18. The average Bonchev–Trinajstić information content (AvgIpc) is 2.54. The summed E-state index contributed by atoms with van der Waals surface area (Å²) in [6, 6.07) is 0.825. The zero-order chi connectivity index (χ0) is 17.2. The number of hydrogen-bond acceptors (Lipinski definition) is 1. The number of unbranched alkanes of at least 4 members (excludes halogenated alkanes) is 13. The Balaban J connectivity index is 0. The van der Waals surface area contributed by atoms with Gasteiger partial charge in [-0.1, -0.05) is 110 Å². The van der Waals surface area contributed by atoms with Gasteiger partial charge in [0, 0.05) is 6.04 Å². The minimum absolute atomic E-state index is 0. The monoisotopic (exact) mass is 343 g/mol. The maximum atomic E-state index is 2.47. The van der Waals surface area contributed by atoms with Crippen molar-refractivity contribution in [3.05, 3.63) is 0 Å². The van der Waals surface area contributed by atoms with E-state index in [1.54, 1.807) is 0 Å². The summed E-state index contributed by atoms with van der Waals surface area (Å²) < 4.78 is 0. The Morgan fingerprint density at radius 2 is 0.792 bits per heavy atom. The molecule has 0 heterocycles. The third-order valence-electron chi connectivity index (χ3n) is 5.26. The van der Waals surface area contributed by atoms with E-state index in [1.165, 1.54) is 109 Å². The predicted molar refractivity (Wildman–Crippen MR) is 111 cm³/mol. The Morgan fingerprint density at radius 3 is 1.08 bits per heavy atom. The van der Waals surface area contributed by atoms with Gasteiger partial charge in [0.05, 0.1) is 0 Å². The standard InChI is InChI=1S/C22H47N.H2O/c1-5-7-9-11-13-14-15-17-19-21-22(23(3)4)20-18-16-12-10-8-6-2;/h22H,5-21H2,1-4H3;1H2. The lowest BCUT2D eigenvalue weighted by Crippen LogP contribution is -2.27. The van der Waals surface area contributed by atoms with Crippen molar-refractivity contribution in [2.45, 2.75) is 129 Å². The third kappa shape index (κ3) is 18.3. The lowest BCUT2D eigenvalue weighted by atomic mass is 9.99. The van der Waals surface area contributed by atoms with Gasteiger partial charge in [-0.2, -0.15) is 0 Å². The van der Waals surface area contributed by atoms with Crippen molar-refractivity contribution in [1.29, 1.82) is 0 Å². The van der Waals surface area contributed by atoms with E-state index in [4.69, 9.17) is 0 Å². The van der Waals surface area contributed by atoms with E-state index < -0.39 is 0 Å². The second-order valence-corrected chi connectivity index (χ2v) is 7.79. The molecule has 0 bridgehead atoms. The van der Waals surface area contributed by atoms with Gasteiger partial charge in [0.2, 0.25) is 0 Å². The molecule has 0 aromatic carbocycles. The fourth-order valence-corrected chi connectivity index (χ4v) is 3.51. The first-order valence-electron chi connectivity index (χ1n) is 10.9. The van der Waals surface area contributed by atoms with E-state index in [9.17, 15) is 0 Å². The average molecular weight is 344 g/mol. The fraction of sp³-hybridized carbons (Fsp3) is 1.00. The molecule has 0 saturated carbocycles. The lowest BCUT2D eigenvalue weighted by Gasteiger charge is -2.24. The highest BCUT2D eigenvalue weighted by Crippen LogP contribution is 2.17. The topological polar surface area (TPSA) is 34.7 Å². The molecule has 0 aliphatic heterocycles. The maximum absolute atomic E-state index is 2.47. The van der Waals surface area contributed by atoms with Crippen LogP contribution in [0.5, 0.6) is 0 Å².